The molecule has 0 N–H and O–H groups in total. The third kappa shape index (κ3) is 6.43. The summed E-state index contributed by atoms with van der Waals surface area (Å²) >= 11 is 0. The van der Waals surface area contributed by atoms with E-state index in [4.69, 9.17) is 0 Å². The number of nitro groups is 1. The lowest BCUT2D eigenvalue weighted by molar-refractivity contribution is -0.384. The van der Waals surface area contributed by atoms with Gasteiger partial charge in [0.05, 0.1) is 11.0 Å². The molecule has 1 aromatic carbocycles. The van der Waals surface area contributed by atoms with E-state index in [-0.39, 0.29) is 17.5 Å². The second-order valence-corrected chi connectivity index (χ2v) is 3.83. The summed E-state index contributed by atoms with van der Waals surface area (Å²) in [6, 6.07) is 5.71. The molecule has 0 heterocycles. The molecule has 0 saturated heterocycles. The van der Waals surface area contributed by atoms with E-state index >= 15 is 0 Å². The van der Waals surface area contributed by atoms with Crippen molar-refractivity contribution in [1.82, 2.24) is 4.90 Å². The molecule has 5 heteroatoms. The van der Waals surface area contributed by atoms with Crippen molar-refractivity contribution in [2.75, 3.05) is 14.1 Å². The lowest BCUT2D eigenvalue weighted by Crippen LogP contribution is -2.25. The Morgan fingerprint density at radius 2 is 1.50 bits per heavy atom. The topological polar surface area (TPSA) is 63.4 Å². The number of carbonyl (C=O) groups is 1. The number of Topliss-reactive ketones (excluding diaryl/α,β-unsaturated/α-hetero) is 1. The van der Waals surface area contributed by atoms with Gasteiger partial charge in [0.15, 0.2) is 5.78 Å². The van der Waals surface area contributed by atoms with Crippen molar-refractivity contribution in [1.29, 1.82) is 0 Å². The molecule has 0 radical (unpaired) electrons. The largest absolute Gasteiger partial charge is 0.298 e. The van der Waals surface area contributed by atoms with Gasteiger partial charge in [-0.2, -0.15) is 0 Å². The van der Waals surface area contributed by atoms with Crippen LogP contribution in [0.1, 0.15) is 46.2 Å². The van der Waals surface area contributed by atoms with E-state index in [2.05, 4.69) is 0 Å². The minimum Gasteiger partial charge on any atom is -0.298 e. The van der Waals surface area contributed by atoms with Gasteiger partial charge in [-0.25, -0.2) is 0 Å². The van der Waals surface area contributed by atoms with Gasteiger partial charge in [-0.15, -0.1) is 0 Å². The molecular weight excluding hydrogens is 256 g/mol. The van der Waals surface area contributed by atoms with Crippen LogP contribution in [0, 0.1) is 10.1 Å². The van der Waals surface area contributed by atoms with Crippen molar-refractivity contribution in [2.24, 2.45) is 0 Å². The minimum absolute atomic E-state index is 0.0128. The maximum absolute atomic E-state index is 11.4. The Morgan fingerprint density at radius 1 is 1.10 bits per heavy atom. The average molecular weight is 282 g/mol. The van der Waals surface area contributed by atoms with E-state index in [0.29, 0.717) is 0 Å². The molecule has 0 saturated carbocycles. The predicted molar refractivity (Wildman–Crippen MR) is 82.9 cm³/mol. The molecule has 0 fully saturated rings. The Hall–Kier alpha value is -1.75. The molecule has 1 unspecified atom stereocenters. The standard InChI is InChI=1S/C11H14N2O3.2C2H6/c1-8(14)11(12(2)3)9-4-6-10(7-5-9)13(15)16;2*1-2/h4-7,11H,1-3H3;2*1-2H3. The van der Waals surface area contributed by atoms with Crippen molar-refractivity contribution in [3.05, 3.63) is 39.9 Å². The van der Waals surface area contributed by atoms with E-state index in [9.17, 15) is 14.9 Å². The number of nitro benzene ring substituents is 1. The molecule has 0 bridgehead atoms. The average Bonchev–Trinajstić information content (AvgIpc) is 2.43. The first-order valence-corrected chi connectivity index (χ1v) is 6.84. The quantitative estimate of drug-likeness (QED) is 0.621. The van der Waals surface area contributed by atoms with E-state index in [0.717, 1.165) is 5.56 Å². The zero-order chi connectivity index (χ0) is 16.3. The van der Waals surface area contributed by atoms with Crippen LogP contribution in [0.5, 0.6) is 0 Å². The van der Waals surface area contributed by atoms with Crippen LogP contribution in [-0.2, 0) is 4.79 Å². The fourth-order valence-electron chi connectivity index (χ4n) is 1.67. The first-order valence-electron chi connectivity index (χ1n) is 6.84. The first-order chi connectivity index (χ1) is 9.43. The van der Waals surface area contributed by atoms with Crippen LogP contribution >= 0.6 is 0 Å². The summed E-state index contributed by atoms with van der Waals surface area (Å²) < 4.78 is 0. The van der Waals surface area contributed by atoms with Crippen LogP contribution in [0.2, 0.25) is 0 Å². The number of hydrogen-bond acceptors (Lipinski definition) is 4. The first kappa shape index (κ1) is 20.6. The van der Waals surface area contributed by atoms with Crippen LogP contribution in [0.3, 0.4) is 0 Å². The highest BCUT2D eigenvalue weighted by molar-refractivity contribution is 5.82. The number of hydrogen-bond donors (Lipinski definition) is 0. The summed E-state index contributed by atoms with van der Waals surface area (Å²) in [5.74, 6) is 0.0128. The highest BCUT2D eigenvalue weighted by Gasteiger charge is 2.19. The summed E-state index contributed by atoms with van der Waals surface area (Å²) in [7, 11) is 3.60. The van der Waals surface area contributed by atoms with Gasteiger partial charge in [-0.05, 0) is 26.6 Å². The van der Waals surface area contributed by atoms with Gasteiger partial charge in [0.1, 0.15) is 0 Å². The number of ketones is 1. The fraction of sp³-hybridized carbons (Fsp3) is 0.533. The molecule has 0 amide bonds. The molecule has 0 aromatic heterocycles. The maximum atomic E-state index is 11.4. The molecule has 0 aliphatic carbocycles. The van der Waals surface area contributed by atoms with Crippen LogP contribution in [0.25, 0.3) is 0 Å². The zero-order valence-electron chi connectivity index (χ0n) is 13.5. The molecule has 1 rings (SSSR count). The third-order valence-electron chi connectivity index (χ3n) is 2.32. The van der Waals surface area contributed by atoms with Gasteiger partial charge in [0, 0.05) is 12.1 Å². The molecule has 0 aliphatic rings. The molecule has 5 nitrogen and oxygen atoms in total. The van der Waals surface area contributed by atoms with Crippen molar-refractivity contribution >= 4 is 11.5 Å². The minimum atomic E-state index is -0.456. The van der Waals surface area contributed by atoms with Gasteiger partial charge in [-0.1, -0.05) is 39.8 Å². The lowest BCUT2D eigenvalue weighted by atomic mass is 10.0. The Bertz CT molecular complexity index is 400. The van der Waals surface area contributed by atoms with E-state index < -0.39 is 4.92 Å². The van der Waals surface area contributed by atoms with Gasteiger partial charge < -0.3 is 0 Å². The van der Waals surface area contributed by atoms with E-state index in [1.54, 1.807) is 31.1 Å². The summed E-state index contributed by atoms with van der Waals surface area (Å²) in [4.78, 5) is 23.2. The van der Waals surface area contributed by atoms with E-state index in [1.807, 2.05) is 27.7 Å². The van der Waals surface area contributed by atoms with Gasteiger partial charge in [0.2, 0.25) is 0 Å². The number of rotatable bonds is 4. The fourth-order valence-corrected chi connectivity index (χ4v) is 1.67. The Labute approximate surface area is 121 Å². The molecule has 0 aliphatic heterocycles. The monoisotopic (exact) mass is 282 g/mol. The summed E-state index contributed by atoms with van der Waals surface area (Å²) in [5, 5.41) is 10.5. The molecule has 1 atom stereocenters. The number of nitrogens with zero attached hydrogens (tertiary/aromatic N) is 2. The van der Waals surface area contributed by atoms with Crippen molar-refractivity contribution in [3.8, 4) is 0 Å². The van der Waals surface area contributed by atoms with Crippen LogP contribution in [0.15, 0.2) is 24.3 Å². The van der Waals surface area contributed by atoms with Crippen molar-refractivity contribution in [3.63, 3.8) is 0 Å². The van der Waals surface area contributed by atoms with Gasteiger partial charge >= 0.3 is 0 Å². The second kappa shape index (κ2) is 11.1. The summed E-state index contributed by atoms with van der Waals surface area (Å²) in [6.07, 6.45) is 0. The van der Waals surface area contributed by atoms with E-state index in [1.165, 1.54) is 19.1 Å². The van der Waals surface area contributed by atoms with Crippen LogP contribution in [0.4, 0.5) is 5.69 Å². The second-order valence-electron chi connectivity index (χ2n) is 3.83. The van der Waals surface area contributed by atoms with Gasteiger partial charge in [-0.3, -0.25) is 19.8 Å². The third-order valence-corrected chi connectivity index (χ3v) is 2.32. The summed E-state index contributed by atoms with van der Waals surface area (Å²) in [6.45, 7) is 9.51. The molecule has 1 aromatic rings. The van der Waals surface area contributed by atoms with Crippen LogP contribution in [-0.4, -0.2) is 29.7 Å². The SMILES string of the molecule is CC.CC.CC(=O)C(c1ccc([N+](=O)[O-])cc1)N(C)C. The lowest BCUT2D eigenvalue weighted by Gasteiger charge is -2.21. The number of benzene rings is 1. The zero-order valence-corrected chi connectivity index (χ0v) is 13.5. The molecule has 20 heavy (non-hydrogen) atoms. The van der Waals surface area contributed by atoms with Gasteiger partial charge in [0.25, 0.3) is 5.69 Å². The Kier molecular flexibility index (Phi) is 11.4. The Balaban J connectivity index is 0. The summed E-state index contributed by atoms with van der Waals surface area (Å²) in [5.41, 5.74) is 0.799. The maximum Gasteiger partial charge on any atom is 0.269 e. The molecule has 0 spiro atoms. The number of likely N-dealkylation sites (N-methyl/N-ethyl adjacent to an activating group) is 1. The molecule has 114 valence electrons. The molecular formula is C15H26N2O3. The smallest absolute Gasteiger partial charge is 0.269 e. The Morgan fingerprint density at radius 3 is 1.75 bits per heavy atom. The highest BCUT2D eigenvalue weighted by atomic mass is 16.6. The van der Waals surface area contributed by atoms with Crippen molar-refractivity contribution < 1.29 is 9.72 Å². The van der Waals surface area contributed by atoms with Crippen LogP contribution < -0.4 is 0 Å². The normalized spacial score (nSPS) is 10.6. The highest BCUT2D eigenvalue weighted by Crippen LogP contribution is 2.21. The predicted octanol–water partition coefficient (Wildman–Crippen LogP) is 3.84. The number of carbonyl (C=O) groups excluding carboxylic acids is 1. The van der Waals surface area contributed by atoms with Crippen molar-refractivity contribution in [2.45, 2.75) is 40.7 Å². The number of non-ortho nitro benzene ring substituents is 1.